The third-order valence-electron chi connectivity index (χ3n) is 2.75. The molecule has 2 nitrogen and oxygen atoms in total. The first-order valence-corrected chi connectivity index (χ1v) is 5.84. The molecule has 0 amide bonds. The largest absolute Gasteiger partial charge is 0.390 e. The second-order valence-electron chi connectivity index (χ2n) is 4.20. The zero-order valence-electron chi connectivity index (χ0n) is 9.87. The number of rotatable bonds is 6. The molecule has 0 saturated carbocycles. The molecule has 2 unspecified atom stereocenters. The summed E-state index contributed by atoms with van der Waals surface area (Å²) in [5.41, 5.74) is 0.229. The molecule has 17 heavy (non-hydrogen) atoms. The van der Waals surface area contributed by atoms with Gasteiger partial charge in [-0.15, -0.1) is 0 Å². The summed E-state index contributed by atoms with van der Waals surface area (Å²) in [6.07, 6.45) is 0.0288. The van der Waals surface area contributed by atoms with Crippen molar-refractivity contribution in [1.29, 1.82) is 0 Å². The molecular weight excluding hydrogens is 226 g/mol. The van der Waals surface area contributed by atoms with Crippen LogP contribution in [0.1, 0.15) is 31.7 Å². The van der Waals surface area contributed by atoms with Gasteiger partial charge in [-0.1, -0.05) is 13.3 Å². The highest BCUT2D eigenvalue weighted by atomic mass is 19.1. The lowest BCUT2D eigenvalue weighted by molar-refractivity contribution is 0.00969. The maximum absolute atomic E-state index is 13.3. The second-order valence-corrected chi connectivity index (χ2v) is 4.20. The van der Waals surface area contributed by atoms with Gasteiger partial charge in [-0.25, -0.2) is 8.78 Å². The number of halogens is 2. The Kier molecular flexibility index (Phi) is 5.51. The standard InChI is InChI=1S/C13H18F2O2/c1-2-3-12(16)13(17)7-4-9-8-10(14)5-6-11(9)15/h5-6,8,12-13,16-17H,2-4,7H2,1H3. The van der Waals surface area contributed by atoms with E-state index in [-0.39, 0.29) is 18.4 Å². The van der Waals surface area contributed by atoms with E-state index in [1.165, 1.54) is 0 Å². The molecule has 2 N–H and O–H groups in total. The molecule has 0 aromatic heterocycles. The van der Waals surface area contributed by atoms with Crippen LogP contribution in [-0.4, -0.2) is 22.4 Å². The normalized spacial score (nSPS) is 14.6. The summed E-state index contributed by atoms with van der Waals surface area (Å²) in [7, 11) is 0. The van der Waals surface area contributed by atoms with Crippen LogP contribution < -0.4 is 0 Å². The Bertz CT molecular complexity index is 355. The first-order chi connectivity index (χ1) is 8.04. The van der Waals surface area contributed by atoms with Crippen molar-refractivity contribution in [3.63, 3.8) is 0 Å². The Hall–Kier alpha value is -1.00. The van der Waals surface area contributed by atoms with Gasteiger partial charge in [-0.3, -0.25) is 0 Å². The van der Waals surface area contributed by atoms with Crippen molar-refractivity contribution < 1.29 is 19.0 Å². The molecule has 0 bridgehead atoms. The predicted molar refractivity (Wildman–Crippen MR) is 61.6 cm³/mol. The number of hydrogen-bond donors (Lipinski definition) is 2. The average Bonchev–Trinajstić information content (AvgIpc) is 2.30. The van der Waals surface area contributed by atoms with Crippen molar-refractivity contribution in [3.8, 4) is 0 Å². The van der Waals surface area contributed by atoms with Crippen LogP contribution in [0.15, 0.2) is 18.2 Å². The lowest BCUT2D eigenvalue weighted by Crippen LogP contribution is -2.26. The van der Waals surface area contributed by atoms with Crippen molar-refractivity contribution in [2.45, 2.75) is 44.8 Å². The fraction of sp³-hybridized carbons (Fsp3) is 0.538. The fourth-order valence-electron chi connectivity index (χ4n) is 1.72. The van der Waals surface area contributed by atoms with Gasteiger partial charge >= 0.3 is 0 Å². The fourth-order valence-corrected chi connectivity index (χ4v) is 1.72. The molecular formula is C13H18F2O2. The molecule has 0 spiro atoms. The molecule has 0 aliphatic rings. The van der Waals surface area contributed by atoms with Crippen LogP contribution in [0.5, 0.6) is 0 Å². The van der Waals surface area contributed by atoms with Crippen molar-refractivity contribution in [1.82, 2.24) is 0 Å². The van der Waals surface area contributed by atoms with E-state index in [9.17, 15) is 19.0 Å². The molecule has 2 atom stereocenters. The minimum atomic E-state index is -0.891. The third kappa shape index (κ3) is 4.40. The van der Waals surface area contributed by atoms with Crippen molar-refractivity contribution >= 4 is 0 Å². The smallest absolute Gasteiger partial charge is 0.126 e. The number of benzene rings is 1. The lowest BCUT2D eigenvalue weighted by Gasteiger charge is -2.17. The minimum absolute atomic E-state index is 0.214. The summed E-state index contributed by atoms with van der Waals surface area (Å²) < 4.78 is 26.1. The zero-order valence-corrected chi connectivity index (χ0v) is 9.87. The van der Waals surface area contributed by atoms with Crippen molar-refractivity contribution in [3.05, 3.63) is 35.4 Å². The molecule has 1 aromatic rings. The van der Waals surface area contributed by atoms with Gasteiger partial charge in [-0.2, -0.15) is 0 Å². The third-order valence-corrected chi connectivity index (χ3v) is 2.75. The van der Waals surface area contributed by atoms with Gasteiger partial charge in [0.15, 0.2) is 0 Å². The molecule has 0 saturated heterocycles. The van der Waals surface area contributed by atoms with Crippen molar-refractivity contribution in [2.75, 3.05) is 0 Å². The molecule has 0 heterocycles. The van der Waals surface area contributed by atoms with Crippen LogP contribution in [-0.2, 0) is 6.42 Å². The Morgan fingerprint density at radius 1 is 1.12 bits per heavy atom. The molecule has 96 valence electrons. The maximum Gasteiger partial charge on any atom is 0.126 e. The van der Waals surface area contributed by atoms with Crippen LogP contribution in [0.2, 0.25) is 0 Å². The van der Waals surface area contributed by atoms with E-state index in [4.69, 9.17) is 0 Å². The Labute approximate surface area is 99.9 Å². The maximum atomic E-state index is 13.3. The van der Waals surface area contributed by atoms with Gasteiger partial charge in [0.2, 0.25) is 0 Å². The summed E-state index contributed by atoms with van der Waals surface area (Å²) in [5, 5.41) is 19.1. The van der Waals surface area contributed by atoms with Gasteiger partial charge in [0.25, 0.3) is 0 Å². The lowest BCUT2D eigenvalue weighted by atomic mass is 10.0. The van der Waals surface area contributed by atoms with Crippen LogP contribution in [0.25, 0.3) is 0 Å². The Morgan fingerprint density at radius 2 is 1.76 bits per heavy atom. The van der Waals surface area contributed by atoms with E-state index < -0.39 is 23.8 Å². The SMILES string of the molecule is CCCC(O)C(O)CCc1cc(F)ccc1F. The number of aryl methyl sites for hydroxylation is 1. The Balaban J connectivity index is 2.52. The van der Waals surface area contributed by atoms with E-state index in [0.717, 1.165) is 24.6 Å². The van der Waals surface area contributed by atoms with Crippen molar-refractivity contribution in [2.24, 2.45) is 0 Å². The highest BCUT2D eigenvalue weighted by molar-refractivity contribution is 5.18. The number of hydrogen-bond acceptors (Lipinski definition) is 2. The topological polar surface area (TPSA) is 40.5 Å². The van der Waals surface area contributed by atoms with Crippen LogP contribution in [0, 0.1) is 11.6 Å². The van der Waals surface area contributed by atoms with E-state index in [0.29, 0.717) is 6.42 Å². The summed E-state index contributed by atoms with van der Waals surface area (Å²) >= 11 is 0. The van der Waals surface area contributed by atoms with Gasteiger partial charge in [-0.05, 0) is 43.0 Å². The van der Waals surface area contributed by atoms with E-state index in [1.807, 2.05) is 6.92 Å². The molecule has 0 aliphatic heterocycles. The monoisotopic (exact) mass is 244 g/mol. The van der Waals surface area contributed by atoms with Crippen LogP contribution in [0.3, 0.4) is 0 Å². The quantitative estimate of drug-likeness (QED) is 0.806. The van der Waals surface area contributed by atoms with E-state index >= 15 is 0 Å². The molecule has 1 rings (SSSR count). The molecule has 4 heteroatoms. The molecule has 1 aromatic carbocycles. The molecule has 0 aliphatic carbocycles. The average molecular weight is 244 g/mol. The van der Waals surface area contributed by atoms with E-state index in [1.54, 1.807) is 0 Å². The minimum Gasteiger partial charge on any atom is -0.390 e. The molecule has 0 fully saturated rings. The van der Waals surface area contributed by atoms with Crippen LogP contribution in [0.4, 0.5) is 8.78 Å². The second kappa shape index (κ2) is 6.67. The number of aliphatic hydroxyl groups is 2. The highest BCUT2D eigenvalue weighted by Crippen LogP contribution is 2.14. The summed E-state index contributed by atoms with van der Waals surface area (Å²) in [6, 6.07) is 3.25. The van der Waals surface area contributed by atoms with Gasteiger partial charge in [0, 0.05) is 0 Å². The van der Waals surface area contributed by atoms with Gasteiger partial charge in [0.1, 0.15) is 11.6 Å². The summed E-state index contributed by atoms with van der Waals surface area (Å²) in [5.74, 6) is -0.978. The van der Waals surface area contributed by atoms with Gasteiger partial charge in [0.05, 0.1) is 12.2 Å². The van der Waals surface area contributed by atoms with E-state index in [2.05, 4.69) is 0 Å². The number of aliphatic hydroxyl groups excluding tert-OH is 2. The summed E-state index contributed by atoms with van der Waals surface area (Å²) in [4.78, 5) is 0. The molecule has 0 radical (unpaired) electrons. The van der Waals surface area contributed by atoms with Crippen LogP contribution >= 0.6 is 0 Å². The van der Waals surface area contributed by atoms with Gasteiger partial charge < -0.3 is 10.2 Å². The first kappa shape index (κ1) is 14.1. The Morgan fingerprint density at radius 3 is 2.41 bits per heavy atom. The summed E-state index contributed by atoms with van der Waals surface area (Å²) in [6.45, 7) is 1.90. The highest BCUT2D eigenvalue weighted by Gasteiger charge is 2.16. The first-order valence-electron chi connectivity index (χ1n) is 5.84. The zero-order chi connectivity index (χ0) is 12.8. The predicted octanol–water partition coefficient (Wildman–Crippen LogP) is 2.42.